The topological polar surface area (TPSA) is 39.7 Å². The molecule has 0 amide bonds. The molecule has 3 rings (SSSR count). The molecule has 25 heavy (non-hydrogen) atoms. The van der Waals surface area contributed by atoms with Crippen LogP contribution in [0.2, 0.25) is 0 Å². The zero-order chi connectivity index (χ0) is 17.5. The maximum absolute atomic E-state index is 4.41. The molecule has 2 unspecified atom stereocenters. The zero-order valence-electron chi connectivity index (χ0n) is 15.9. The van der Waals surface area contributed by atoms with E-state index in [4.69, 9.17) is 0 Å². The molecular weight excluding hydrogens is 308 g/mol. The Hall–Kier alpha value is -1.55. The summed E-state index contributed by atoms with van der Waals surface area (Å²) >= 11 is 0. The summed E-state index contributed by atoms with van der Waals surface area (Å²) in [5.41, 5.74) is 1.41. The summed E-state index contributed by atoms with van der Waals surface area (Å²) in [7, 11) is 1.88. The summed E-state index contributed by atoms with van der Waals surface area (Å²) in [6.45, 7) is 5.59. The van der Waals surface area contributed by atoms with Crippen molar-refractivity contribution in [1.29, 1.82) is 0 Å². The Kier molecular flexibility index (Phi) is 6.74. The van der Waals surface area contributed by atoms with Gasteiger partial charge in [0.1, 0.15) is 0 Å². The molecule has 2 atom stereocenters. The number of rotatable bonds is 7. The van der Waals surface area contributed by atoms with E-state index in [1.807, 2.05) is 7.05 Å². The van der Waals surface area contributed by atoms with Crippen LogP contribution in [0.1, 0.15) is 51.0 Å². The van der Waals surface area contributed by atoms with Gasteiger partial charge in [-0.1, -0.05) is 43.2 Å². The number of piperidine rings is 1. The van der Waals surface area contributed by atoms with Crippen LogP contribution in [-0.4, -0.2) is 43.1 Å². The number of aliphatic imine (C=N–C) groups is 1. The van der Waals surface area contributed by atoms with E-state index in [0.29, 0.717) is 12.1 Å². The zero-order valence-corrected chi connectivity index (χ0v) is 15.9. The fraction of sp³-hybridized carbons (Fsp3) is 0.667. The van der Waals surface area contributed by atoms with E-state index in [1.54, 1.807) is 0 Å². The summed E-state index contributed by atoms with van der Waals surface area (Å²) in [6, 6.07) is 11.9. The molecule has 4 nitrogen and oxygen atoms in total. The van der Waals surface area contributed by atoms with Crippen molar-refractivity contribution in [3.63, 3.8) is 0 Å². The van der Waals surface area contributed by atoms with Crippen molar-refractivity contribution in [3.8, 4) is 0 Å². The van der Waals surface area contributed by atoms with Gasteiger partial charge in [-0.25, -0.2) is 0 Å². The molecular formula is C21H34N4. The van der Waals surface area contributed by atoms with Crippen molar-refractivity contribution < 1.29 is 0 Å². The summed E-state index contributed by atoms with van der Waals surface area (Å²) < 4.78 is 0. The van der Waals surface area contributed by atoms with Crippen LogP contribution in [0.25, 0.3) is 0 Å². The predicted molar refractivity (Wildman–Crippen MR) is 106 cm³/mol. The van der Waals surface area contributed by atoms with Crippen molar-refractivity contribution in [1.82, 2.24) is 15.5 Å². The maximum atomic E-state index is 4.41. The van der Waals surface area contributed by atoms with Crippen molar-refractivity contribution in [3.05, 3.63) is 35.9 Å². The molecule has 0 radical (unpaired) electrons. The number of benzene rings is 1. The average molecular weight is 343 g/mol. The third kappa shape index (κ3) is 6.03. The molecule has 1 saturated carbocycles. The molecule has 1 aromatic carbocycles. The molecule has 1 aliphatic carbocycles. The highest BCUT2D eigenvalue weighted by Gasteiger charge is 2.26. The predicted octanol–water partition coefficient (Wildman–Crippen LogP) is 3.39. The second kappa shape index (κ2) is 9.23. The smallest absolute Gasteiger partial charge is 0.191 e. The van der Waals surface area contributed by atoms with Crippen LogP contribution in [0.4, 0.5) is 0 Å². The lowest BCUT2D eigenvalue weighted by Gasteiger charge is -2.38. The van der Waals surface area contributed by atoms with Crippen molar-refractivity contribution >= 4 is 5.96 Å². The molecule has 1 saturated heterocycles. The lowest BCUT2D eigenvalue weighted by Crippen LogP contribution is -2.51. The van der Waals surface area contributed by atoms with Gasteiger partial charge >= 0.3 is 0 Å². The Morgan fingerprint density at radius 2 is 2.00 bits per heavy atom. The van der Waals surface area contributed by atoms with Crippen LogP contribution in [-0.2, 0) is 6.54 Å². The van der Waals surface area contributed by atoms with E-state index in [0.717, 1.165) is 31.5 Å². The van der Waals surface area contributed by atoms with E-state index in [-0.39, 0.29) is 0 Å². The Balaban J connectivity index is 1.38. The Bertz CT molecular complexity index is 538. The van der Waals surface area contributed by atoms with Gasteiger partial charge in [-0.05, 0) is 44.1 Å². The quantitative estimate of drug-likeness (QED) is 0.453. The van der Waals surface area contributed by atoms with Gasteiger partial charge in [0.25, 0.3) is 0 Å². The van der Waals surface area contributed by atoms with Gasteiger partial charge < -0.3 is 10.6 Å². The number of hydrogen-bond acceptors (Lipinski definition) is 2. The lowest BCUT2D eigenvalue weighted by atomic mass is 9.97. The summed E-state index contributed by atoms with van der Waals surface area (Å²) in [4.78, 5) is 7.00. The average Bonchev–Trinajstić information content (AvgIpc) is 3.45. The summed E-state index contributed by atoms with van der Waals surface area (Å²) in [5.74, 6) is 2.00. The molecule has 2 N–H and O–H groups in total. The highest BCUT2D eigenvalue weighted by molar-refractivity contribution is 5.79. The maximum Gasteiger partial charge on any atom is 0.191 e. The first kappa shape index (κ1) is 18.2. The van der Waals surface area contributed by atoms with Crippen molar-refractivity contribution in [2.45, 2.75) is 64.1 Å². The van der Waals surface area contributed by atoms with Gasteiger partial charge in [0.05, 0.1) is 0 Å². The van der Waals surface area contributed by atoms with Crippen LogP contribution in [0, 0.1) is 5.92 Å². The largest absolute Gasteiger partial charge is 0.356 e. The molecule has 1 aromatic rings. The first-order valence-corrected chi connectivity index (χ1v) is 9.99. The van der Waals surface area contributed by atoms with Crippen LogP contribution in [0.15, 0.2) is 35.3 Å². The molecule has 138 valence electrons. The fourth-order valence-electron chi connectivity index (χ4n) is 3.80. The number of nitrogens with zero attached hydrogens (tertiary/aromatic N) is 2. The molecule has 0 spiro atoms. The van der Waals surface area contributed by atoms with Gasteiger partial charge in [0.15, 0.2) is 5.96 Å². The highest BCUT2D eigenvalue weighted by atomic mass is 15.2. The second-order valence-electron chi connectivity index (χ2n) is 7.76. The minimum absolute atomic E-state index is 0.525. The van der Waals surface area contributed by atoms with Gasteiger partial charge in [-0.3, -0.25) is 9.89 Å². The van der Waals surface area contributed by atoms with E-state index >= 15 is 0 Å². The van der Waals surface area contributed by atoms with E-state index in [1.165, 1.54) is 44.1 Å². The fourth-order valence-corrected chi connectivity index (χ4v) is 3.80. The Morgan fingerprint density at radius 1 is 1.20 bits per heavy atom. The number of hydrogen-bond donors (Lipinski definition) is 2. The van der Waals surface area contributed by atoms with Crippen LogP contribution in [0.3, 0.4) is 0 Å². The Morgan fingerprint density at radius 3 is 2.68 bits per heavy atom. The van der Waals surface area contributed by atoms with Gasteiger partial charge in [0.2, 0.25) is 0 Å². The molecule has 0 bridgehead atoms. The number of nitrogens with one attached hydrogen (secondary N) is 2. The van der Waals surface area contributed by atoms with Crippen molar-refractivity contribution in [2.24, 2.45) is 10.9 Å². The number of likely N-dealkylation sites (tertiary alicyclic amines) is 1. The minimum atomic E-state index is 0.525. The second-order valence-corrected chi connectivity index (χ2v) is 7.76. The summed E-state index contributed by atoms with van der Waals surface area (Å²) in [5, 5.41) is 7.13. The molecule has 2 fully saturated rings. The summed E-state index contributed by atoms with van der Waals surface area (Å²) in [6.07, 6.45) is 7.89. The third-order valence-electron chi connectivity index (χ3n) is 5.59. The van der Waals surface area contributed by atoms with Crippen LogP contribution < -0.4 is 10.6 Å². The minimum Gasteiger partial charge on any atom is -0.356 e. The molecule has 4 heteroatoms. The normalized spacial score (nSPS) is 25.0. The number of guanidine groups is 1. The molecule has 1 aliphatic heterocycles. The van der Waals surface area contributed by atoms with Gasteiger partial charge in [-0.2, -0.15) is 0 Å². The van der Waals surface area contributed by atoms with Crippen LogP contribution >= 0.6 is 0 Å². The SMILES string of the molecule is CN=C(NCCCC1CC1)NC1CCN(Cc2ccccc2)C(C)C1. The molecule has 0 aromatic heterocycles. The van der Waals surface area contributed by atoms with E-state index < -0.39 is 0 Å². The lowest BCUT2D eigenvalue weighted by molar-refractivity contribution is 0.134. The van der Waals surface area contributed by atoms with Crippen LogP contribution in [0.5, 0.6) is 0 Å². The van der Waals surface area contributed by atoms with Gasteiger partial charge in [-0.15, -0.1) is 0 Å². The standard InChI is InChI=1S/C21H34N4/c1-17-15-20(12-14-25(17)16-19-7-4-3-5-8-19)24-21(22-2)23-13-6-9-18-10-11-18/h3-5,7-8,17-18,20H,6,9-16H2,1-2H3,(H2,22,23,24). The Labute approximate surface area is 153 Å². The molecule has 2 aliphatic rings. The van der Waals surface area contributed by atoms with Gasteiger partial charge in [0, 0.05) is 38.8 Å². The van der Waals surface area contributed by atoms with E-state index in [2.05, 4.69) is 57.8 Å². The third-order valence-corrected chi connectivity index (χ3v) is 5.59. The first-order chi connectivity index (χ1) is 12.2. The van der Waals surface area contributed by atoms with E-state index in [9.17, 15) is 0 Å². The van der Waals surface area contributed by atoms with Crippen molar-refractivity contribution in [2.75, 3.05) is 20.1 Å². The molecule has 1 heterocycles. The highest BCUT2D eigenvalue weighted by Crippen LogP contribution is 2.33. The monoisotopic (exact) mass is 342 g/mol. The first-order valence-electron chi connectivity index (χ1n) is 9.99.